The zero-order valence-corrected chi connectivity index (χ0v) is 17.0. The monoisotopic (exact) mass is 404 g/mol. The van der Waals surface area contributed by atoms with Crippen LogP contribution in [0.5, 0.6) is 0 Å². The van der Waals surface area contributed by atoms with Gasteiger partial charge < -0.3 is 20.1 Å². The molecule has 162 valence electrons. The minimum absolute atomic E-state index is 0.00581. The van der Waals surface area contributed by atoms with Crippen LogP contribution < -0.4 is 0 Å². The molecule has 1 atom stereocenters. The Balaban J connectivity index is 5.90. The van der Waals surface area contributed by atoms with Crippen LogP contribution in [0.1, 0.15) is 47.0 Å². The molecule has 1 unspecified atom stereocenters. The Bertz CT molecular complexity index is 532. The molecule has 0 saturated carbocycles. The number of hydrogen-bond donors (Lipinski definition) is 3. The first-order valence-electron chi connectivity index (χ1n) is 9.42. The Morgan fingerprint density at radius 1 is 0.893 bits per heavy atom. The molecule has 0 saturated heterocycles. The molecule has 0 aromatic rings. The molecule has 3 N–H and O–H groups in total. The van der Waals surface area contributed by atoms with Gasteiger partial charge in [-0.1, -0.05) is 20.8 Å². The summed E-state index contributed by atoms with van der Waals surface area (Å²) in [6.07, 6.45) is 0.808. The van der Waals surface area contributed by atoms with Crippen molar-refractivity contribution in [3.8, 4) is 0 Å². The van der Waals surface area contributed by atoms with E-state index >= 15 is 0 Å². The predicted molar refractivity (Wildman–Crippen MR) is 100 cm³/mol. The van der Waals surface area contributed by atoms with Crippen molar-refractivity contribution in [2.75, 3.05) is 32.8 Å². The van der Waals surface area contributed by atoms with Gasteiger partial charge in [0.15, 0.2) is 0 Å². The SMILES string of the molecule is CCOC(=O)C(CC)(CC)N(CCN(CC(=O)O)CC(=O)O)C(CC)C(=O)O. The number of carbonyl (C=O) groups excluding carboxylic acids is 1. The van der Waals surface area contributed by atoms with Gasteiger partial charge in [-0.2, -0.15) is 0 Å². The van der Waals surface area contributed by atoms with E-state index in [9.17, 15) is 24.3 Å². The van der Waals surface area contributed by atoms with Gasteiger partial charge >= 0.3 is 23.9 Å². The van der Waals surface area contributed by atoms with Gasteiger partial charge in [0.25, 0.3) is 0 Å². The smallest absolute Gasteiger partial charge is 0.326 e. The lowest BCUT2D eigenvalue weighted by molar-refractivity contribution is -0.166. The van der Waals surface area contributed by atoms with Crippen molar-refractivity contribution in [3.63, 3.8) is 0 Å². The molecule has 0 aliphatic rings. The van der Waals surface area contributed by atoms with Gasteiger partial charge in [-0.05, 0) is 26.2 Å². The van der Waals surface area contributed by atoms with Crippen molar-refractivity contribution >= 4 is 23.9 Å². The number of ether oxygens (including phenoxy) is 1. The van der Waals surface area contributed by atoms with Crippen molar-refractivity contribution in [2.24, 2.45) is 0 Å². The Hall–Kier alpha value is -2.20. The number of carbonyl (C=O) groups is 4. The Kier molecular flexibility index (Phi) is 11.3. The van der Waals surface area contributed by atoms with Crippen LogP contribution in [0.15, 0.2) is 0 Å². The van der Waals surface area contributed by atoms with Gasteiger partial charge in [0.2, 0.25) is 0 Å². The van der Waals surface area contributed by atoms with Gasteiger partial charge in [0, 0.05) is 13.1 Å². The molecule has 28 heavy (non-hydrogen) atoms. The van der Waals surface area contributed by atoms with Crippen LogP contribution in [-0.2, 0) is 23.9 Å². The summed E-state index contributed by atoms with van der Waals surface area (Å²) in [6.45, 7) is 5.97. The summed E-state index contributed by atoms with van der Waals surface area (Å²) in [5.74, 6) is -4.04. The molecule has 0 spiro atoms. The molecule has 0 aliphatic carbocycles. The van der Waals surface area contributed by atoms with E-state index in [4.69, 9.17) is 14.9 Å². The maximum absolute atomic E-state index is 12.8. The van der Waals surface area contributed by atoms with Crippen LogP contribution in [0, 0.1) is 0 Å². The first kappa shape index (κ1) is 25.8. The van der Waals surface area contributed by atoms with Crippen molar-refractivity contribution in [1.29, 1.82) is 0 Å². The van der Waals surface area contributed by atoms with Crippen LogP contribution >= 0.6 is 0 Å². The minimum atomic E-state index is -1.20. The fourth-order valence-electron chi connectivity index (χ4n) is 3.37. The minimum Gasteiger partial charge on any atom is -0.480 e. The molecule has 0 fully saturated rings. The van der Waals surface area contributed by atoms with E-state index < -0.39 is 48.5 Å². The van der Waals surface area contributed by atoms with Crippen LogP contribution in [0.3, 0.4) is 0 Å². The second kappa shape index (κ2) is 12.3. The van der Waals surface area contributed by atoms with Gasteiger partial charge in [0.05, 0.1) is 19.7 Å². The van der Waals surface area contributed by atoms with Crippen molar-refractivity contribution in [1.82, 2.24) is 9.80 Å². The summed E-state index contributed by atoms with van der Waals surface area (Å²) in [4.78, 5) is 49.3. The fourth-order valence-corrected chi connectivity index (χ4v) is 3.37. The lowest BCUT2D eigenvalue weighted by Gasteiger charge is -2.44. The third-order valence-corrected chi connectivity index (χ3v) is 4.80. The molecule has 10 nitrogen and oxygen atoms in total. The van der Waals surface area contributed by atoms with E-state index in [0.717, 1.165) is 0 Å². The number of carboxylic acid groups (broad SMARTS) is 3. The van der Waals surface area contributed by atoms with Crippen LogP contribution in [-0.4, -0.2) is 93.4 Å². The van der Waals surface area contributed by atoms with Crippen molar-refractivity contribution in [3.05, 3.63) is 0 Å². The molecule has 0 aromatic carbocycles. The summed E-state index contributed by atoms with van der Waals surface area (Å²) in [5.41, 5.74) is -1.20. The van der Waals surface area contributed by atoms with E-state index in [-0.39, 0.29) is 26.1 Å². The van der Waals surface area contributed by atoms with E-state index in [0.29, 0.717) is 12.8 Å². The summed E-state index contributed by atoms with van der Waals surface area (Å²) in [6, 6.07) is -0.999. The number of hydrogen-bond acceptors (Lipinski definition) is 7. The van der Waals surface area contributed by atoms with Crippen molar-refractivity contribution < 1.29 is 39.2 Å². The van der Waals surface area contributed by atoms with E-state index in [1.165, 1.54) is 9.80 Å². The lowest BCUT2D eigenvalue weighted by Crippen LogP contribution is -2.62. The van der Waals surface area contributed by atoms with Gasteiger partial charge in [0.1, 0.15) is 11.6 Å². The van der Waals surface area contributed by atoms with Gasteiger partial charge in [-0.25, -0.2) is 0 Å². The molecule has 0 rings (SSSR count). The average molecular weight is 404 g/mol. The summed E-state index contributed by atoms with van der Waals surface area (Å²) in [5, 5.41) is 27.7. The van der Waals surface area contributed by atoms with Crippen LogP contribution in [0.25, 0.3) is 0 Å². The van der Waals surface area contributed by atoms with Gasteiger partial charge in [-0.3, -0.25) is 29.0 Å². The van der Waals surface area contributed by atoms with Crippen LogP contribution in [0.2, 0.25) is 0 Å². The maximum atomic E-state index is 12.8. The summed E-state index contributed by atoms with van der Waals surface area (Å²) < 4.78 is 5.21. The fraction of sp³-hybridized carbons (Fsp3) is 0.778. The highest BCUT2D eigenvalue weighted by Crippen LogP contribution is 2.29. The molecule has 0 amide bonds. The standard InChI is InChI=1S/C18H32N2O8/c1-5-13(16(25)26)20(18(6-2,7-3)17(27)28-8-4)10-9-19(11-14(21)22)12-15(23)24/h13H,5-12H2,1-4H3,(H,21,22)(H,23,24)(H,25,26). The Morgan fingerprint density at radius 3 is 1.71 bits per heavy atom. The van der Waals surface area contributed by atoms with Crippen LogP contribution in [0.4, 0.5) is 0 Å². The summed E-state index contributed by atoms with van der Waals surface area (Å²) >= 11 is 0. The highest BCUT2D eigenvalue weighted by Gasteiger charge is 2.46. The number of esters is 1. The van der Waals surface area contributed by atoms with Gasteiger partial charge in [-0.15, -0.1) is 0 Å². The quantitative estimate of drug-likeness (QED) is 0.334. The topological polar surface area (TPSA) is 145 Å². The third-order valence-electron chi connectivity index (χ3n) is 4.80. The Morgan fingerprint density at radius 2 is 1.39 bits per heavy atom. The highest BCUT2D eigenvalue weighted by atomic mass is 16.5. The number of nitrogens with zero attached hydrogens (tertiary/aromatic N) is 2. The molecule has 0 heterocycles. The largest absolute Gasteiger partial charge is 0.480 e. The zero-order valence-electron chi connectivity index (χ0n) is 17.0. The maximum Gasteiger partial charge on any atom is 0.326 e. The Labute approximate surface area is 165 Å². The molecular formula is C18H32N2O8. The normalized spacial score (nSPS) is 12.8. The average Bonchev–Trinajstić information content (AvgIpc) is 2.59. The highest BCUT2D eigenvalue weighted by molar-refractivity contribution is 5.82. The first-order chi connectivity index (χ1) is 13.1. The molecular weight excluding hydrogens is 372 g/mol. The first-order valence-corrected chi connectivity index (χ1v) is 9.42. The number of carboxylic acids is 3. The molecule has 0 bridgehead atoms. The molecule has 10 heteroatoms. The second-order valence-electron chi connectivity index (χ2n) is 6.41. The second-order valence-corrected chi connectivity index (χ2v) is 6.41. The van der Waals surface area contributed by atoms with E-state index in [1.54, 1.807) is 27.7 Å². The van der Waals surface area contributed by atoms with E-state index in [1.807, 2.05) is 0 Å². The number of rotatable bonds is 15. The lowest BCUT2D eigenvalue weighted by atomic mass is 9.88. The number of aliphatic carboxylic acids is 3. The summed E-state index contributed by atoms with van der Waals surface area (Å²) in [7, 11) is 0. The molecule has 0 radical (unpaired) electrons. The molecule has 0 aromatic heterocycles. The van der Waals surface area contributed by atoms with Crippen molar-refractivity contribution in [2.45, 2.75) is 58.5 Å². The predicted octanol–water partition coefficient (Wildman–Crippen LogP) is 0.745. The molecule has 0 aliphatic heterocycles. The van der Waals surface area contributed by atoms with E-state index in [2.05, 4.69) is 0 Å². The zero-order chi connectivity index (χ0) is 21.9. The third kappa shape index (κ3) is 7.08.